The van der Waals surface area contributed by atoms with Crippen molar-refractivity contribution in [2.45, 2.75) is 0 Å². The van der Waals surface area contributed by atoms with Gasteiger partial charge < -0.3 is 16.3 Å². The molecule has 21 heavy (non-hydrogen) atoms. The van der Waals surface area contributed by atoms with E-state index >= 15 is 0 Å². The number of amidine groups is 1. The van der Waals surface area contributed by atoms with E-state index in [0.717, 1.165) is 4.47 Å². The van der Waals surface area contributed by atoms with Gasteiger partial charge in [0, 0.05) is 26.9 Å². The number of halogens is 2. The van der Waals surface area contributed by atoms with Crippen molar-refractivity contribution < 1.29 is 10.0 Å². The summed E-state index contributed by atoms with van der Waals surface area (Å²) in [6.07, 6.45) is 3.07. The Morgan fingerprint density at radius 2 is 2.00 bits per heavy atom. The molecule has 4 N–H and O–H groups in total. The molecular weight excluding hydrogens is 404 g/mol. The Morgan fingerprint density at radius 3 is 2.62 bits per heavy atom. The lowest BCUT2D eigenvalue weighted by Gasteiger charge is -2.09. The highest BCUT2D eigenvalue weighted by molar-refractivity contribution is 9.10. The minimum Gasteiger partial charge on any atom is -0.409 e. The van der Waals surface area contributed by atoms with Crippen molar-refractivity contribution in [1.82, 2.24) is 4.98 Å². The Bertz CT molecular complexity index is 719. The van der Waals surface area contributed by atoms with E-state index in [9.17, 15) is 4.79 Å². The normalized spacial score (nSPS) is 11.2. The summed E-state index contributed by atoms with van der Waals surface area (Å²) in [4.78, 5) is 16.1. The summed E-state index contributed by atoms with van der Waals surface area (Å²) in [5.41, 5.74) is 7.03. The van der Waals surface area contributed by atoms with Gasteiger partial charge in [-0.15, -0.1) is 0 Å². The number of carbonyl (C=O) groups excluding carboxylic acids is 1. The molecule has 0 radical (unpaired) electrons. The standard InChI is InChI=1S/C13H10Br2N4O2/c14-9-3-8(5-17-6-9)13(20)18-11-2-1-7(4-10(11)15)12(16)19-21/h1-6,21H,(H2,16,19)(H,18,20). The molecule has 6 nitrogen and oxygen atoms in total. The van der Waals surface area contributed by atoms with Crippen molar-refractivity contribution >= 4 is 49.3 Å². The van der Waals surface area contributed by atoms with Crippen molar-refractivity contribution in [3.8, 4) is 0 Å². The van der Waals surface area contributed by atoms with Gasteiger partial charge in [0.25, 0.3) is 5.91 Å². The van der Waals surface area contributed by atoms with E-state index in [1.165, 1.54) is 6.20 Å². The number of pyridine rings is 1. The van der Waals surface area contributed by atoms with Crippen LogP contribution in [0.2, 0.25) is 0 Å². The lowest BCUT2D eigenvalue weighted by atomic mass is 10.2. The van der Waals surface area contributed by atoms with Crippen molar-refractivity contribution in [1.29, 1.82) is 0 Å². The molecule has 0 bridgehead atoms. The summed E-state index contributed by atoms with van der Waals surface area (Å²) in [5.74, 6) is -0.300. The molecule has 0 aliphatic rings. The number of hydrogen-bond donors (Lipinski definition) is 3. The van der Waals surface area contributed by atoms with Crippen molar-refractivity contribution in [2.75, 3.05) is 5.32 Å². The first-order chi connectivity index (χ1) is 10.0. The third-order valence-corrected chi connectivity index (χ3v) is 3.68. The number of nitrogens with zero attached hydrogens (tertiary/aromatic N) is 2. The summed E-state index contributed by atoms with van der Waals surface area (Å²) in [5, 5.41) is 14.3. The molecule has 108 valence electrons. The smallest absolute Gasteiger partial charge is 0.257 e. The quantitative estimate of drug-likeness (QED) is 0.311. The summed E-state index contributed by atoms with van der Waals surface area (Å²) in [6.45, 7) is 0. The molecule has 0 fully saturated rings. The van der Waals surface area contributed by atoms with Crippen molar-refractivity contribution in [3.05, 3.63) is 56.7 Å². The number of amides is 1. The minimum absolute atomic E-state index is 0.00948. The average Bonchev–Trinajstić information content (AvgIpc) is 2.48. The topological polar surface area (TPSA) is 101 Å². The Hall–Kier alpha value is -1.93. The van der Waals surface area contributed by atoms with E-state index < -0.39 is 0 Å². The number of oxime groups is 1. The zero-order valence-electron chi connectivity index (χ0n) is 10.5. The molecule has 1 amide bonds. The van der Waals surface area contributed by atoms with Crippen LogP contribution >= 0.6 is 31.9 Å². The summed E-state index contributed by atoms with van der Waals surface area (Å²) in [6, 6.07) is 6.60. The fourth-order valence-electron chi connectivity index (χ4n) is 1.56. The average molecular weight is 414 g/mol. The third-order valence-electron chi connectivity index (χ3n) is 2.59. The molecule has 1 aromatic carbocycles. The van der Waals surface area contributed by atoms with Gasteiger partial charge in [0.15, 0.2) is 5.84 Å². The van der Waals surface area contributed by atoms with E-state index in [2.05, 4.69) is 47.3 Å². The lowest BCUT2D eigenvalue weighted by Crippen LogP contribution is -2.15. The molecule has 8 heteroatoms. The first-order valence-corrected chi connectivity index (χ1v) is 7.29. The first-order valence-electron chi connectivity index (χ1n) is 5.70. The van der Waals surface area contributed by atoms with Crippen LogP contribution in [0.5, 0.6) is 0 Å². The SMILES string of the molecule is N/C(=N/O)c1ccc(NC(=O)c2cncc(Br)c2)c(Br)c1. The number of aromatic nitrogens is 1. The zero-order valence-corrected chi connectivity index (χ0v) is 13.7. The van der Waals surface area contributed by atoms with Crippen LogP contribution in [0.3, 0.4) is 0 Å². The van der Waals surface area contributed by atoms with E-state index in [0.29, 0.717) is 21.3 Å². The van der Waals surface area contributed by atoms with Crippen LogP contribution in [0.1, 0.15) is 15.9 Å². The number of anilines is 1. The fourth-order valence-corrected chi connectivity index (χ4v) is 2.41. The number of rotatable bonds is 3. The molecule has 2 rings (SSSR count). The van der Waals surface area contributed by atoms with Gasteiger partial charge in [0.05, 0.1) is 11.3 Å². The largest absolute Gasteiger partial charge is 0.409 e. The molecule has 0 atom stereocenters. The number of carbonyl (C=O) groups is 1. The summed E-state index contributed by atoms with van der Waals surface area (Å²) < 4.78 is 1.33. The monoisotopic (exact) mass is 412 g/mol. The van der Waals surface area contributed by atoms with Gasteiger partial charge >= 0.3 is 0 Å². The molecule has 0 unspecified atom stereocenters. The maximum absolute atomic E-state index is 12.1. The molecule has 1 aromatic heterocycles. The summed E-state index contributed by atoms with van der Waals surface area (Å²) >= 11 is 6.59. The van der Waals surface area contributed by atoms with Gasteiger partial charge in [0.1, 0.15) is 0 Å². The molecule has 0 saturated carbocycles. The van der Waals surface area contributed by atoms with Gasteiger partial charge in [-0.1, -0.05) is 5.16 Å². The maximum Gasteiger partial charge on any atom is 0.257 e. The molecule has 0 aliphatic carbocycles. The van der Waals surface area contributed by atoms with Crippen LogP contribution in [0.4, 0.5) is 5.69 Å². The van der Waals surface area contributed by atoms with Gasteiger partial charge in [-0.3, -0.25) is 9.78 Å². The van der Waals surface area contributed by atoms with E-state index in [1.54, 1.807) is 30.5 Å². The zero-order chi connectivity index (χ0) is 15.4. The van der Waals surface area contributed by atoms with Crippen LogP contribution < -0.4 is 11.1 Å². The first kappa shape index (κ1) is 15.5. The second-order valence-electron chi connectivity index (χ2n) is 4.03. The predicted molar refractivity (Wildman–Crippen MR) is 86.5 cm³/mol. The molecule has 2 aromatic rings. The number of nitrogens with one attached hydrogen (secondary N) is 1. The highest BCUT2D eigenvalue weighted by Gasteiger charge is 2.10. The summed E-state index contributed by atoms with van der Waals surface area (Å²) in [7, 11) is 0. The Labute approximate surface area is 137 Å². The number of hydrogen-bond acceptors (Lipinski definition) is 4. The van der Waals surface area contributed by atoms with Gasteiger partial charge in [-0.05, 0) is 56.1 Å². The second-order valence-corrected chi connectivity index (χ2v) is 5.80. The van der Waals surface area contributed by atoms with Gasteiger partial charge in [0.2, 0.25) is 0 Å². The Kier molecular flexibility index (Phi) is 4.92. The van der Waals surface area contributed by atoms with Crippen LogP contribution in [-0.2, 0) is 0 Å². The molecule has 1 heterocycles. The van der Waals surface area contributed by atoms with E-state index in [-0.39, 0.29) is 11.7 Å². The lowest BCUT2D eigenvalue weighted by molar-refractivity contribution is 0.102. The van der Waals surface area contributed by atoms with Crippen molar-refractivity contribution in [3.63, 3.8) is 0 Å². The van der Waals surface area contributed by atoms with E-state index in [1.807, 2.05) is 0 Å². The minimum atomic E-state index is -0.291. The van der Waals surface area contributed by atoms with Gasteiger partial charge in [-0.2, -0.15) is 0 Å². The molecule has 0 saturated heterocycles. The van der Waals surface area contributed by atoms with E-state index in [4.69, 9.17) is 10.9 Å². The molecule has 0 aliphatic heterocycles. The Balaban J connectivity index is 2.22. The predicted octanol–water partition coefficient (Wildman–Crippen LogP) is 2.95. The number of nitrogens with two attached hydrogens (primary N) is 1. The molecular formula is C13H10Br2N4O2. The second kappa shape index (κ2) is 6.68. The highest BCUT2D eigenvalue weighted by Crippen LogP contribution is 2.24. The Morgan fingerprint density at radius 1 is 1.24 bits per heavy atom. The molecule has 0 spiro atoms. The van der Waals surface area contributed by atoms with Gasteiger partial charge in [-0.25, -0.2) is 0 Å². The van der Waals surface area contributed by atoms with Crippen LogP contribution in [0.25, 0.3) is 0 Å². The van der Waals surface area contributed by atoms with Crippen LogP contribution in [0.15, 0.2) is 50.8 Å². The maximum atomic E-state index is 12.1. The van der Waals surface area contributed by atoms with Crippen LogP contribution in [-0.4, -0.2) is 21.9 Å². The third kappa shape index (κ3) is 3.79. The fraction of sp³-hybridized carbons (Fsp3) is 0. The highest BCUT2D eigenvalue weighted by atomic mass is 79.9. The van der Waals surface area contributed by atoms with Crippen molar-refractivity contribution in [2.24, 2.45) is 10.9 Å². The number of benzene rings is 1. The van der Waals surface area contributed by atoms with Crippen LogP contribution in [0, 0.1) is 0 Å².